The van der Waals surface area contributed by atoms with Gasteiger partial charge < -0.3 is 19.4 Å². The van der Waals surface area contributed by atoms with Gasteiger partial charge in [-0.25, -0.2) is 0 Å². The molecule has 132 valence electrons. The second kappa shape index (κ2) is 7.81. The fourth-order valence-electron chi connectivity index (χ4n) is 3.51. The fraction of sp³-hybridized carbons (Fsp3) is 0.647. The zero-order chi connectivity index (χ0) is 16.9. The third-order valence-corrected chi connectivity index (χ3v) is 4.76. The number of nitrogens with zero attached hydrogens (tertiary/aromatic N) is 2. The first-order valence-electron chi connectivity index (χ1n) is 8.53. The predicted molar refractivity (Wildman–Crippen MR) is 89.5 cm³/mol. The summed E-state index contributed by atoms with van der Waals surface area (Å²) in [6, 6.07) is 1.32. The third kappa shape index (κ3) is 3.96. The summed E-state index contributed by atoms with van der Waals surface area (Å²) >= 11 is 0. The largest absolute Gasteiger partial charge is 0.496 e. The van der Waals surface area contributed by atoms with E-state index in [1.807, 2.05) is 4.90 Å². The molecule has 24 heavy (non-hydrogen) atoms. The first kappa shape index (κ1) is 17.0. The summed E-state index contributed by atoms with van der Waals surface area (Å²) < 4.78 is 10.6. The molecule has 2 aliphatic rings. The van der Waals surface area contributed by atoms with Crippen LogP contribution in [0.3, 0.4) is 0 Å². The summed E-state index contributed by atoms with van der Waals surface area (Å²) in [5.74, 6) is 0.739. The summed E-state index contributed by atoms with van der Waals surface area (Å²) in [5.41, 5.74) is 0.149. The van der Waals surface area contributed by atoms with Crippen molar-refractivity contribution >= 4 is 5.91 Å². The van der Waals surface area contributed by atoms with Crippen LogP contribution in [0.25, 0.3) is 0 Å². The Morgan fingerprint density at radius 3 is 2.92 bits per heavy atom. The molecule has 2 saturated heterocycles. The molecule has 3 heterocycles. The minimum absolute atomic E-state index is 0.0743. The number of carbonyl (C=O) groups is 1. The van der Waals surface area contributed by atoms with Crippen LogP contribution in [0.4, 0.5) is 0 Å². The molecule has 1 amide bonds. The van der Waals surface area contributed by atoms with Crippen LogP contribution in [0.2, 0.25) is 0 Å². The monoisotopic (exact) mass is 335 g/mol. The molecule has 0 aromatic carbocycles. The lowest BCUT2D eigenvalue weighted by molar-refractivity contribution is 0.0223. The third-order valence-electron chi connectivity index (χ3n) is 4.76. The number of piperidine rings is 1. The van der Waals surface area contributed by atoms with Crippen molar-refractivity contribution < 1.29 is 14.3 Å². The number of aromatic nitrogens is 1. The van der Waals surface area contributed by atoms with Crippen molar-refractivity contribution in [2.75, 3.05) is 53.0 Å². The SMILES string of the molecule is COc1cc(=O)[nH]cc1C(=O)N1CCC[C@H](CN2CCOCC2)C1. The normalized spacial score (nSPS) is 22.4. The van der Waals surface area contributed by atoms with Gasteiger partial charge in [-0.1, -0.05) is 0 Å². The molecule has 1 N–H and O–H groups in total. The van der Waals surface area contributed by atoms with Crippen molar-refractivity contribution in [3.05, 3.63) is 28.2 Å². The van der Waals surface area contributed by atoms with Gasteiger partial charge in [-0.05, 0) is 18.8 Å². The van der Waals surface area contributed by atoms with E-state index >= 15 is 0 Å². The van der Waals surface area contributed by atoms with E-state index in [0.717, 1.165) is 58.8 Å². The summed E-state index contributed by atoms with van der Waals surface area (Å²) in [7, 11) is 1.48. The van der Waals surface area contributed by atoms with E-state index in [0.29, 0.717) is 17.2 Å². The number of amides is 1. The standard InChI is InChI=1S/C17H25N3O4/c1-23-15-9-16(21)18-10-14(15)17(22)20-4-2-3-13(12-20)11-19-5-7-24-8-6-19/h9-10,13H,2-8,11-12H2,1H3,(H,18,21)/t13-/m1/s1. The van der Waals surface area contributed by atoms with E-state index in [4.69, 9.17) is 9.47 Å². The minimum Gasteiger partial charge on any atom is -0.496 e. The van der Waals surface area contributed by atoms with E-state index in [1.165, 1.54) is 19.4 Å². The number of H-pyrrole nitrogens is 1. The van der Waals surface area contributed by atoms with Crippen molar-refractivity contribution in [2.24, 2.45) is 5.92 Å². The van der Waals surface area contributed by atoms with Crippen molar-refractivity contribution in [1.29, 1.82) is 0 Å². The number of aromatic amines is 1. The highest BCUT2D eigenvalue weighted by molar-refractivity contribution is 5.96. The number of pyridine rings is 1. The van der Waals surface area contributed by atoms with Crippen LogP contribution >= 0.6 is 0 Å². The van der Waals surface area contributed by atoms with Gasteiger partial charge in [0.2, 0.25) is 0 Å². The van der Waals surface area contributed by atoms with Gasteiger partial charge in [0.1, 0.15) is 5.75 Å². The molecule has 0 saturated carbocycles. The van der Waals surface area contributed by atoms with Crippen LogP contribution in [0, 0.1) is 5.92 Å². The summed E-state index contributed by atoms with van der Waals surface area (Å²) in [5, 5.41) is 0. The van der Waals surface area contributed by atoms with Crippen molar-refractivity contribution in [3.63, 3.8) is 0 Å². The molecule has 0 bridgehead atoms. The molecule has 3 rings (SSSR count). The topological polar surface area (TPSA) is 74.9 Å². The average Bonchev–Trinajstić information content (AvgIpc) is 2.62. The van der Waals surface area contributed by atoms with Crippen LogP contribution in [0.15, 0.2) is 17.1 Å². The molecule has 0 radical (unpaired) electrons. The Morgan fingerprint density at radius 2 is 2.17 bits per heavy atom. The van der Waals surface area contributed by atoms with Crippen LogP contribution in [-0.4, -0.2) is 73.7 Å². The number of hydrogen-bond donors (Lipinski definition) is 1. The van der Waals surface area contributed by atoms with Gasteiger partial charge in [0.15, 0.2) is 0 Å². The minimum atomic E-state index is -0.271. The number of carbonyl (C=O) groups excluding carboxylic acids is 1. The number of ether oxygens (including phenoxy) is 2. The number of methoxy groups -OCH3 is 1. The molecule has 1 atom stereocenters. The summed E-state index contributed by atoms with van der Waals surface area (Å²) in [6.45, 7) is 6.04. The number of hydrogen-bond acceptors (Lipinski definition) is 5. The second-order valence-electron chi connectivity index (χ2n) is 6.45. The van der Waals surface area contributed by atoms with Crippen LogP contribution in [0.1, 0.15) is 23.2 Å². The maximum atomic E-state index is 12.8. The van der Waals surface area contributed by atoms with E-state index < -0.39 is 0 Å². The lowest BCUT2D eigenvalue weighted by Crippen LogP contribution is -2.46. The van der Waals surface area contributed by atoms with Gasteiger partial charge in [-0.2, -0.15) is 0 Å². The zero-order valence-electron chi connectivity index (χ0n) is 14.1. The Balaban J connectivity index is 1.65. The first-order chi connectivity index (χ1) is 11.7. The molecule has 7 nitrogen and oxygen atoms in total. The lowest BCUT2D eigenvalue weighted by Gasteiger charge is -2.36. The smallest absolute Gasteiger partial charge is 0.259 e. The Labute approximate surface area is 141 Å². The second-order valence-corrected chi connectivity index (χ2v) is 6.45. The number of morpholine rings is 1. The molecule has 2 aliphatic heterocycles. The average molecular weight is 335 g/mol. The van der Waals surface area contributed by atoms with E-state index in [9.17, 15) is 9.59 Å². The van der Waals surface area contributed by atoms with Crippen LogP contribution < -0.4 is 10.3 Å². The zero-order valence-corrected chi connectivity index (χ0v) is 14.1. The van der Waals surface area contributed by atoms with Crippen LogP contribution in [-0.2, 0) is 4.74 Å². The Hall–Kier alpha value is -1.86. The molecular formula is C17H25N3O4. The Kier molecular flexibility index (Phi) is 5.52. The summed E-state index contributed by atoms with van der Waals surface area (Å²) in [6.07, 6.45) is 3.60. The fourth-order valence-corrected chi connectivity index (χ4v) is 3.51. The van der Waals surface area contributed by atoms with Gasteiger partial charge in [0.25, 0.3) is 11.5 Å². The predicted octanol–water partition coefficient (Wildman–Crippen LogP) is 0.568. The van der Waals surface area contributed by atoms with Gasteiger partial charge in [-0.15, -0.1) is 0 Å². The molecule has 1 aromatic rings. The molecule has 0 aliphatic carbocycles. The van der Waals surface area contributed by atoms with Gasteiger partial charge in [0, 0.05) is 45.0 Å². The van der Waals surface area contributed by atoms with Crippen molar-refractivity contribution in [2.45, 2.75) is 12.8 Å². The van der Waals surface area contributed by atoms with Crippen LogP contribution in [0.5, 0.6) is 5.75 Å². The highest BCUT2D eigenvalue weighted by Crippen LogP contribution is 2.23. The quantitative estimate of drug-likeness (QED) is 0.871. The summed E-state index contributed by atoms with van der Waals surface area (Å²) in [4.78, 5) is 31.1. The molecular weight excluding hydrogens is 310 g/mol. The van der Waals surface area contributed by atoms with Crippen molar-refractivity contribution in [1.82, 2.24) is 14.8 Å². The number of likely N-dealkylation sites (tertiary alicyclic amines) is 1. The lowest BCUT2D eigenvalue weighted by atomic mass is 9.96. The number of rotatable bonds is 4. The maximum absolute atomic E-state index is 12.8. The molecule has 1 aromatic heterocycles. The highest BCUT2D eigenvalue weighted by atomic mass is 16.5. The molecule has 0 spiro atoms. The molecule has 0 unspecified atom stereocenters. The Bertz CT molecular complexity index is 625. The van der Waals surface area contributed by atoms with Crippen molar-refractivity contribution in [3.8, 4) is 5.75 Å². The Morgan fingerprint density at radius 1 is 1.38 bits per heavy atom. The van der Waals surface area contributed by atoms with E-state index in [2.05, 4.69) is 9.88 Å². The molecule has 2 fully saturated rings. The van der Waals surface area contributed by atoms with Gasteiger partial charge in [0.05, 0.1) is 25.9 Å². The van der Waals surface area contributed by atoms with Gasteiger partial charge >= 0.3 is 0 Å². The molecule has 7 heteroatoms. The first-order valence-corrected chi connectivity index (χ1v) is 8.53. The highest BCUT2D eigenvalue weighted by Gasteiger charge is 2.28. The van der Waals surface area contributed by atoms with Gasteiger partial charge in [-0.3, -0.25) is 14.5 Å². The maximum Gasteiger partial charge on any atom is 0.259 e. The van der Waals surface area contributed by atoms with E-state index in [-0.39, 0.29) is 11.5 Å². The van der Waals surface area contributed by atoms with E-state index in [1.54, 1.807) is 0 Å². The number of nitrogens with one attached hydrogen (secondary N) is 1.